The van der Waals surface area contributed by atoms with Crippen LogP contribution in [0.25, 0.3) is 0 Å². The Labute approximate surface area is 82.7 Å². The Morgan fingerprint density at radius 3 is 1.00 bits per heavy atom. The standard InChI is InChI=1S/ClH.NO3.2H2O.2Zn/c;2-1(3)4;;;;/h1H;;2*1H2;;/q;-1;;;2*+2/p-3. The van der Waals surface area contributed by atoms with Crippen molar-refractivity contribution in [1.82, 2.24) is 0 Å². The first kappa shape index (κ1) is 54.1. The summed E-state index contributed by atoms with van der Waals surface area (Å²) < 4.78 is 0. The van der Waals surface area contributed by atoms with Gasteiger partial charge in [-0.05, 0) is 0 Å². The molecule has 48 valence electrons. The molecule has 6 nitrogen and oxygen atoms in total. The van der Waals surface area contributed by atoms with E-state index in [0.717, 1.165) is 0 Å². The zero-order chi connectivity index (χ0) is 3.58. The summed E-state index contributed by atoms with van der Waals surface area (Å²) in [5.74, 6) is 0. The topological polar surface area (TPSA) is 126 Å². The van der Waals surface area contributed by atoms with Crippen LogP contribution in [0.3, 0.4) is 0 Å². The Morgan fingerprint density at radius 2 is 1.00 bits per heavy atom. The zero-order valence-corrected chi connectivity index (χ0v) is 11.0. The van der Waals surface area contributed by atoms with Crippen molar-refractivity contribution in [2.24, 2.45) is 0 Å². The fourth-order valence-corrected chi connectivity index (χ4v) is 0. The third-order valence-corrected chi connectivity index (χ3v) is 0. The molecular formula is H2ClNO5Zn2. The van der Waals surface area contributed by atoms with Crippen molar-refractivity contribution in [3.8, 4) is 0 Å². The molecule has 0 aromatic rings. The summed E-state index contributed by atoms with van der Waals surface area (Å²) in [5.41, 5.74) is 0. The van der Waals surface area contributed by atoms with E-state index in [2.05, 4.69) is 0 Å². The summed E-state index contributed by atoms with van der Waals surface area (Å²) in [6.07, 6.45) is 0. The van der Waals surface area contributed by atoms with Crippen LogP contribution in [0.15, 0.2) is 0 Å². The summed E-state index contributed by atoms with van der Waals surface area (Å²) in [6.45, 7) is 0. The third kappa shape index (κ3) is 889. The molecule has 0 aliphatic carbocycles. The van der Waals surface area contributed by atoms with E-state index < -0.39 is 5.09 Å². The van der Waals surface area contributed by atoms with E-state index >= 15 is 0 Å². The minimum Gasteiger partial charge on any atom is -1.00 e. The van der Waals surface area contributed by atoms with E-state index in [4.69, 9.17) is 15.3 Å². The van der Waals surface area contributed by atoms with Gasteiger partial charge in [-0.1, -0.05) is 0 Å². The van der Waals surface area contributed by atoms with Gasteiger partial charge < -0.3 is 38.7 Å². The van der Waals surface area contributed by atoms with E-state index in [1.165, 1.54) is 0 Å². The minimum atomic E-state index is -1.75. The van der Waals surface area contributed by atoms with Crippen molar-refractivity contribution in [2.75, 3.05) is 0 Å². The summed E-state index contributed by atoms with van der Waals surface area (Å²) >= 11 is 0. The van der Waals surface area contributed by atoms with Gasteiger partial charge >= 0.3 is 39.0 Å². The van der Waals surface area contributed by atoms with Crippen LogP contribution in [-0.4, -0.2) is 16.0 Å². The molecule has 0 aromatic heterocycles. The number of rotatable bonds is 0. The molecule has 0 fully saturated rings. The van der Waals surface area contributed by atoms with E-state index in [-0.39, 0.29) is 62.3 Å². The molecule has 0 spiro atoms. The molecule has 9 heteroatoms. The van der Waals surface area contributed by atoms with Gasteiger partial charge in [0.15, 0.2) is 0 Å². The van der Waals surface area contributed by atoms with E-state index in [9.17, 15) is 0 Å². The zero-order valence-electron chi connectivity index (χ0n) is 4.36. The normalized spacial score (nSPS) is 2.67. The molecule has 0 heterocycles. The van der Waals surface area contributed by atoms with E-state index in [1.807, 2.05) is 0 Å². The van der Waals surface area contributed by atoms with Crippen LogP contribution in [0, 0.1) is 15.3 Å². The maximum atomic E-state index is 8.25. The van der Waals surface area contributed by atoms with E-state index in [0.29, 0.717) is 0 Å². The number of hydrogen-bond donors (Lipinski definition) is 0. The predicted octanol–water partition coefficient (Wildman–Crippen LogP) is -3.59. The molecule has 0 aliphatic rings. The van der Waals surface area contributed by atoms with Gasteiger partial charge in [-0.2, -0.15) is 0 Å². The molecule has 2 N–H and O–H groups in total. The van der Waals surface area contributed by atoms with Crippen molar-refractivity contribution >= 4 is 0 Å². The molecule has 0 bridgehead atoms. The molecule has 0 aliphatic heterocycles. The van der Waals surface area contributed by atoms with Crippen LogP contribution in [0.1, 0.15) is 0 Å². The largest absolute Gasteiger partial charge is 2.00 e. The molecule has 0 unspecified atom stereocenters. The van der Waals surface area contributed by atoms with Gasteiger partial charge in [0.2, 0.25) is 0 Å². The molecule has 0 atom stereocenters. The van der Waals surface area contributed by atoms with Crippen LogP contribution >= 0.6 is 0 Å². The maximum Gasteiger partial charge on any atom is 2.00 e. The summed E-state index contributed by atoms with van der Waals surface area (Å²) in [4.78, 5) is 8.25. The van der Waals surface area contributed by atoms with Gasteiger partial charge in [0.1, 0.15) is 0 Å². The van der Waals surface area contributed by atoms with Crippen LogP contribution in [-0.2, 0) is 39.0 Å². The average Bonchev–Trinajstić information content (AvgIpc) is 0.811. The van der Waals surface area contributed by atoms with Crippen molar-refractivity contribution < 1.29 is 67.4 Å². The van der Waals surface area contributed by atoms with Gasteiger partial charge in [-0.15, -0.1) is 0 Å². The molecular weight excluding hydrogens is 260 g/mol. The smallest absolute Gasteiger partial charge is 1.00 e. The van der Waals surface area contributed by atoms with E-state index in [1.54, 1.807) is 0 Å². The maximum absolute atomic E-state index is 8.25. The summed E-state index contributed by atoms with van der Waals surface area (Å²) in [6, 6.07) is 0. The Hall–Kier alpha value is 0.657. The number of halogens is 1. The van der Waals surface area contributed by atoms with Crippen LogP contribution < -0.4 is 12.4 Å². The molecule has 9 heavy (non-hydrogen) atoms. The second-order valence-corrected chi connectivity index (χ2v) is 0.224. The predicted molar refractivity (Wildman–Crippen MR) is 14.2 cm³/mol. The molecule has 0 radical (unpaired) electrons. The molecule has 0 saturated carbocycles. The van der Waals surface area contributed by atoms with Gasteiger partial charge in [-0.25, -0.2) is 0 Å². The summed E-state index contributed by atoms with van der Waals surface area (Å²) in [7, 11) is 0. The Kier molecular flexibility index (Phi) is 228. The van der Waals surface area contributed by atoms with Crippen LogP contribution in [0.5, 0.6) is 0 Å². The van der Waals surface area contributed by atoms with Gasteiger partial charge in [-0.3, -0.25) is 0 Å². The third-order valence-electron chi connectivity index (χ3n) is 0. The van der Waals surface area contributed by atoms with Crippen molar-refractivity contribution in [2.45, 2.75) is 0 Å². The Balaban J connectivity index is -0.00000000450. The first-order chi connectivity index (χ1) is 1.73. The first-order valence-electron chi connectivity index (χ1n) is 0.548. The molecule has 0 rings (SSSR count). The first-order valence-corrected chi connectivity index (χ1v) is 0.548. The van der Waals surface area contributed by atoms with Gasteiger partial charge in [0, 0.05) is 0 Å². The molecule has 0 saturated heterocycles. The minimum absolute atomic E-state index is 0. The summed E-state index contributed by atoms with van der Waals surface area (Å²) in [5, 5.41) is 14.8. The van der Waals surface area contributed by atoms with Crippen molar-refractivity contribution in [3.63, 3.8) is 0 Å². The second kappa shape index (κ2) is 38.0. The van der Waals surface area contributed by atoms with Crippen LogP contribution in [0.2, 0.25) is 0 Å². The Bertz CT molecular complexity index is 37.9. The number of nitrogens with zero attached hydrogens (tertiary/aromatic N) is 1. The number of hydrogen-bond acceptors (Lipinski definition) is 5. The average molecular weight is 262 g/mol. The van der Waals surface area contributed by atoms with Gasteiger partial charge in [0.25, 0.3) is 0 Å². The Morgan fingerprint density at radius 1 is 1.00 bits per heavy atom. The quantitative estimate of drug-likeness (QED) is 0.253. The van der Waals surface area contributed by atoms with Crippen molar-refractivity contribution in [1.29, 1.82) is 0 Å². The fourth-order valence-electron chi connectivity index (χ4n) is 0. The fraction of sp³-hybridized carbons (Fsp3) is 0. The molecule has 0 amide bonds. The molecule has 0 aromatic carbocycles. The van der Waals surface area contributed by atoms with Crippen LogP contribution in [0.4, 0.5) is 0 Å². The second-order valence-electron chi connectivity index (χ2n) is 0.224. The SMILES string of the molecule is O=[N+]([O-])[O-].[Cl-].[OH-].[OH-].[Zn+2].[Zn+2]. The monoisotopic (exact) mass is 259 g/mol. The van der Waals surface area contributed by atoms with Gasteiger partial charge in [0.05, 0.1) is 5.09 Å². The van der Waals surface area contributed by atoms with Crippen molar-refractivity contribution in [3.05, 3.63) is 15.3 Å².